The molecule has 0 saturated heterocycles. The zero-order valence-corrected chi connectivity index (χ0v) is 11.6. The first-order valence-corrected chi connectivity index (χ1v) is 6.00. The van der Waals surface area contributed by atoms with Crippen molar-refractivity contribution in [2.45, 2.75) is 39.8 Å². The second-order valence-electron chi connectivity index (χ2n) is 4.85. The molecular weight excluding hydrogens is 250 g/mol. The predicted octanol–water partition coefficient (Wildman–Crippen LogP) is 1.61. The van der Waals surface area contributed by atoms with Crippen molar-refractivity contribution in [2.24, 2.45) is 0 Å². The number of hydrogen-bond donors (Lipinski definition) is 2. The van der Waals surface area contributed by atoms with Gasteiger partial charge in [0.25, 0.3) is 0 Å². The van der Waals surface area contributed by atoms with Gasteiger partial charge in [0.1, 0.15) is 5.60 Å². The van der Waals surface area contributed by atoms with Gasteiger partial charge in [-0.1, -0.05) is 0 Å². The molecule has 0 aliphatic carbocycles. The summed E-state index contributed by atoms with van der Waals surface area (Å²) in [4.78, 5) is 22.8. The van der Waals surface area contributed by atoms with Gasteiger partial charge in [-0.15, -0.1) is 0 Å². The Balaban J connectivity index is 2.46. The number of hydrogen-bond acceptors (Lipinski definition) is 5. The van der Waals surface area contributed by atoms with Crippen LogP contribution in [0.5, 0.6) is 0 Å². The largest absolute Gasteiger partial charge is 0.461 e. The van der Waals surface area contributed by atoms with E-state index in [2.05, 4.69) is 15.5 Å². The number of carbonyl (C=O) groups excluding carboxylic acids is 2. The van der Waals surface area contributed by atoms with Gasteiger partial charge < -0.3 is 14.8 Å². The molecule has 0 saturated carbocycles. The highest BCUT2D eigenvalue weighted by molar-refractivity contribution is 5.87. The van der Waals surface area contributed by atoms with E-state index in [1.165, 1.54) is 6.07 Å². The van der Waals surface area contributed by atoms with Crippen LogP contribution in [0.2, 0.25) is 0 Å². The highest BCUT2D eigenvalue weighted by atomic mass is 16.6. The summed E-state index contributed by atoms with van der Waals surface area (Å²) in [5.41, 5.74) is 0.227. The van der Waals surface area contributed by atoms with Crippen LogP contribution in [-0.2, 0) is 16.0 Å². The number of aromatic nitrogens is 2. The number of nitrogens with zero attached hydrogens (tertiary/aromatic N) is 1. The first kappa shape index (κ1) is 15.0. The minimum atomic E-state index is -0.547. The van der Waals surface area contributed by atoms with Gasteiger partial charge in [-0.3, -0.25) is 5.10 Å². The first-order chi connectivity index (χ1) is 8.81. The van der Waals surface area contributed by atoms with Gasteiger partial charge in [-0.2, -0.15) is 5.10 Å². The lowest BCUT2D eigenvalue weighted by Gasteiger charge is -2.19. The Morgan fingerprint density at radius 2 is 2.11 bits per heavy atom. The van der Waals surface area contributed by atoms with E-state index in [-0.39, 0.29) is 18.8 Å². The quantitative estimate of drug-likeness (QED) is 0.810. The molecule has 7 heteroatoms. The predicted molar refractivity (Wildman–Crippen MR) is 67.6 cm³/mol. The van der Waals surface area contributed by atoms with E-state index in [1.807, 2.05) is 0 Å². The molecule has 1 aromatic rings. The molecule has 1 aromatic heterocycles. The maximum Gasteiger partial charge on any atom is 0.407 e. The van der Waals surface area contributed by atoms with Crippen LogP contribution in [0, 0.1) is 0 Å². The average molecular weight is 269 g/mol. The van der Waals surface area contributed by atoms with Crippen LogP contribution in [0.25, 0.3) is 0 Å². The van der Waals surface area contributed by atoms with Gasteiger partial charge in [0.2, 0.25) is 0 Å². The summed E-state index contributed by atoms with van der Waals surface area (Å²) in [5, 5.41) is 8.99. The fourth-order valence-electron chi connectivity index (χ4n) is 1.24. The van der Waals surface area contributed by atoms with Crippen molar-refractivity contribution < 1.29 is 19.1 Å². The third-order valence-electron chi connectivity index (χ3n) is 1.94. The summed E-state index contributed by atoms with van der Waals surface area (Å²) < 4.78 is 9.88. The molecule has 0 aliphatic heterocycles. The highest BCUT2D eigenvalue weighted by Gasteiger charge is 2.16. The van der Waals surface area contributed by atoms with E-state index in [9.17, 15) is 9.59 Å². The fraction of sp³-hybridized carbons (Fsp3) is 0.583. The zero-order valence-electron chi connectivity index (χ0n) is 11.6. The number of nitrogens with one attached hydrogen (secondary N) is 2. The summed E-state index contributed by atoms with van der Waals surface area (Å²) in [6.45, 7) is 7.54. The van der Waals surface area contributed by atoms with Crippen LogP contribution in [0.3, 0.4) is 0 Å². The van der Waals surface area contributed by atoms with Crippen LogP contribution < -0.4 is 5.32 Å². The molecular formula is C12H19N3O4. The summed E-state index contributed by atoms with van der Waals surface area (Å²) in [6, 6.07) is 1.52. The Kier molecular flexibility index (Phi) is 4.91. The SMILES string of the molecule is CCOC(=O)c1cc(CNC(=O)OC(C)(C)C)[nH]n1. The number of amides is 1. The maximum atomic E-state index is 11.4. The van der Waals surface area contributed by atoms with Crippen molar-refractivity contribution in [3.8, 4) is 0 Å². The number of rotatable bonds is 4. The van der Waals surface area contributed by atoms with E-state index in [4.69, 9.17) is 9.47 Å². The van der Waals surface area contributed by atoms with E-state index < -0.39 is 17.7 Å². The number of carbonyl (C=O) groups is 2. The van der Waals surface area contributed by atoms with E-state index in [0.717, 1.165) is 0 Å². The lowest BCUT2D eigenvalue weighted by molar-refractivity contribution is 0.0511. The molecule has 19 heavy (non-hydrogen) atoms. The van der Waals surface area contributed by atoms with Crippen LogP contribution in [0.1, 0.15) is 43.9 Å². The standard InChI is InChI=1S/C12H19N3O4/c1-5-18-10(16)9-6-8(14-15-9)7-13-11(17)19-12(2,3)4/h6H,5,7H2,1-4H3,(H,13,17)(H,14,15). The smallest absolute Gasteiger partial charge is 0.407 e. The molecule has 0 radical (unpaired) electrons. The van der Waals surface area contributed by atoms with Crippen LogP contribution in [-0.4, -0.2) is 34.5 Å². The summed E-state index contributed by atoms with van der Waals surface area (Å²) >= 11 is 0. The number of esters is 1. The summed E-state index contributed by atoms with van der Waals surface area (Å²) in [5.74, 6) is -0.498. The Hall–Kier alpha value is -2.05. The molecule has 0 aliphatic rings. The van der Waals surface area contributed by atoms with Crippen molar-refractivity contribution in [1.82, 2.24) is 15.5 Å². The van der Waals surface area contributed by atoms with Gasteiger partial charge in [0.05, 0.1) is 18.8 Å². The molecule has 0 atom stereocenters. The van der Waals surface area contributed by atoms with Gasteiger partial charge in [-0.25, -0.2) is 9.59 Å². The minimum absolute atomic E-state index is 0.183. The number of alkyl carbamates (subject to hydrolysis) is 1. The molecule has 106 valence electrons. The monoisotopic (exact) mass is 269 g/mol. The van der Waals surface area contributed by atoms with E-state index in [1.54, 1.807) is 27.7 Å². The van der Waals surface area contributed by atoms with Crippen molar-refractivity contribution in [2.75, 3.05) is 6.61 Å². The molecule has 1 amide bonds. The van der Waals surface area contributed by atoms with Crippen molar-refractivity contribution >= 4 is 12.1 Å². The molecule has 2 N–H and O–H groups in total. The Morgan fingerprint density at radius 1 is 1.42 bits per heavy atom. The third-order valence-corrected chi connectivity index (χ3v) is 1.94. The first-order valence-electron chi connectivity index (χ1n) is 6.00. The van der Waals surface area contributed by atoms with Gasteiger partial charge in [0, 0.05) is 0 Å². The fourth-order valence-corrected chi connectivity index (χ4v) is 1.24. The topological polar surface area (TPSA) is 93.3 Å². The van der Waals surface area contributed by atoms with E-state index in [0.29, 0.717) is 5.69 Å². The summed E-state index contributed by atoms with van der Waals surface area (Å²) in [6.07, 6.45) is -0.528. The van der Waals surface area contributed by atoms with Gasteiger partial charge in [-0.05, 0) is 33.8 Å². The maximum absolute atomic E-state index is 11.4. The molecule has 0 aromatic carbocycles. The van der Waals surface area contributed by atoms with Crippen molar-refractivity contribution in [3.63, 3.8) is 0 Å². The molecule has 7 nitrogen and oxygen atoms in total. The number of ether oxygens (including phenoxy) is 2. The van der Waals surface area contributed by atoms with E-state index >= 15 is 0 Å². The lowest BCUT2D eigenvalue weighted by atomic mass is 10.2. The lowest BCUT2D eigenvalue weighted by Crippen LogP contribution is -2.32. The molecule has 0 bridgehead atoms. The van der Waals surface area contributed by atoms with Gasteiger partial charge in [0.15, 0.2) is 5.69 Å². The van der Waals surface area contributed by atoms with Crippen LogP contribution >= 0.6 is 0 Å². The van der Waals surface area contributed by atoms with Crippen molar-refractivity contribution in [3.05, 3.63) is 17.5 Å². The minimum Gasteiger partial charge on any atom is -0.461 e. The summed E-state index contributed by atoms with van der Waals surface area (Å²) in [7, 11) is 0. The second-order valence-corrected chi connectivity index (χ2v) is 4.85. The zero-order chi connectivity index (χ0) is 14.5. The second kappa shape index (κ2) is 6.21. The Labute approximate surface area is 111 Å². The van der Waals surface area contributed by atoms with Crippen LogP contribution in [0.15, 0.2) is 6.07 Å². The highest BCUT2D eigenvalue weighted by Crippen LogP contribution is 2.07. The molecule has 1 heterocycles. The normalized spacial score (nSPS) is 10.9. The molecule has 0 unspecified atom stereocenters. The molecule has 0 spiro atoms. The molecule has 0 fully saturated rings. The van der Waals surface area contributed by atoms with Crippen LogP contribution in [0.4, 0.5) is 4.79 Å². The Bertz CT molecular complexity index is 448. The number of aromatic amines is 1. The third kappa shape index (κ3) is 5.41. The Morgan fingerprint density at radius 3 is 2.68 bits per heavy atom. The average Bonchev–Trinajstić information content (AvgIpc) is 2.73. The number of H-pyrrole nitrogens is 1. The van der Waals surface area contributed by atoms with Gasteiger partial charge >= 0.3 is 12.1 Å². The van der Waals surface area contributed by atoms with Crippen molar-refractivity contribution in [1.29, 1.82) is 0 Å². The molecule has 1 rings (SSSR count).